The lowest BCUT2D eigenvalue weighted by Crippen LogP contribution is -2.44. The number of benzene rings is 2. The molecule has 1 atom stereocenters. The first kappa shape index (κ1) is 26.3. The Bertz CT molecular complexity index is 1210. The van der Waals surface area contributed by atoms with Crippen molar-refractivity contribution in [2.75, 3.05) is 26.7 Å². The Balaban J connectivity index is 1.38. The summed E-state index contributed by atoms with van der Waals surface area (Å²) in [6.45, 7) is 2.12. The Kier molecular flexibility index (Phi) is 8.44. The average molecular weight is 515 g/mol. The molecular formula is C28H32ClFN2O4. The molecule has 3 aromatic rings. The predicted molar refractivity (Wildman–Crippen MR) is 138 cm³/mol. The van der Waals surface area contributed by atoms with E-state index in [1.807, 2.05) is 6.07 Å². The monoisotopic (exact) mass is 514 g/mol. The Morgan fingerprint density at radius 1 is 1.25 bits per heavy atom. The molecular weight excluding hydrogens is 483 g/mol. The predicted octanol–water partition coefficient (Wildman–Crippen LogP) is 5.65. The molecule has 2 aromatic carbocycles. The summed E-state index contributed by atoms with van der Waals surface area (Å²) in [7, 11) is 1.57. The fourth-order valence-electron chi connectivity index (χ4n) is 5.16. The number of pyridine rings is 1. The summed E-state index contributed by atoms with van der Waals surface area (Å²) in [5.74, 6) is -0.377. The largest absolute Gasteiger partial charge is 0.497 e. The lowest BCUT2D eigenvalue weighted by Gasteiger charge is -2.39. The van der Waals surface area contributed by atoms with Gasteiger partial charge in [-0.1, -0.05) is 29.8 Å². The maximum Gasteiger partial charge on any atom is 0.309 e. The van der Waals surface area contributed by atoms with Gasteiger partial charge in [-0.2, -0.15) is 0 Å². The highest BCUT2D eigenvalue weighted by atomic mass is 35.5. The van der Waals surface area contributed by atoms with E-state index in [1.54, 1.807) is 37.4 Å². The fraction of sp³-hybridized carbons (Fsp3) is 0.429. The number of fused-ring (bicyclic) bond motifs is 1. The third-order valence-electron chi connectivity index (χ3n) is 7.44. The number of nitrogens with zero attached hydrogens (tertiary/aromatic N) is 2. The van der Waals surface area contributed by atoms with Crippen LogP contribution in [0.1, 0.15) is 49.3 Å². The Morgan fingerprint density at radius 2 is 2.00 bits per heavy atom. The van der Waals surface area contributed by atoms with E-state index >= 15 is 0 Å². The highest BCUT2D eigenvalue weighted by Gasteiger charge is 2.41. The van der Waals surface area contributed by atoms with Crippen LogP contribution in [-0.2, 0) is 11.2 Å². The Morgan fingerprint density at radius 3 is 2.69 bits per heavy atom. The van der Waals surface area contributed by atoms with Gasteiger partial charge in [0.1, 0.15) is 11.6 Å². The average Bonchev–Trinajstić information content (AvgIpc) is 2.88. The highest BCUT2D eigenvalue weighted by molar-refractivity contribution is 6.32. The van der Waals surface area contributed by atoms with Crippen molar-refractivity contribution in [2.24, 2.45) is 5.41 Å². The van der Waals surface area contributed by atoms with Crippen molar-refractivity contribution in [2.45, 2.75) is 44.6 Å². The van der Waals surface area contributed by atoms with Gasteiger partial charge in [0, 0.05) is 17.1 Å². The standard InChI is InChI=1S/C28H32ClFN2O4/c1-36-20-8-9-24-21(17-20)26(22(29)18-31-24)25(33)10-11-28(27(34)35)12-15-32(16-13-28)14-4-6-19-5-2-3-7-23(19)30/h2-3,5,7-9,17-18,25,33H,4,6,10-16H2,1H3,(H,34,35). The topological polar surface area (TPSA) is 82.9 Å². The number of carboxylic acid groups (broad SMARTS) is 1. The van der Waals surface area contributed by atoms with Crippen molar-refractivity contribution in [3.05, 3.63) is 70.6 Å². The number of piperidine rings is 1. The minimum absolute atomic E-state index is 0.180. The second-order valence-corrected chi connectivity index (χ2v) is 9.99. The summed E-state index contributed by atoms with van der Waals surface area (Å²) >= 11 is 6.42. The van der Waals surface area contributed by atoms with Gasteiger partial charge in [0.15, 0.2) is 0 Å². The van der Waals surface area contributed by atoms with E-state index in [-0.39, 0.29) is 12.2 Å². The molecule has 1 aliphatic rings. The minimum atomic E-state index is -0.926. The van der Waals surface area contributed by atoms with Crippen molar-refractivity contribution in [3.63, 3.8) is 0 Å². The molecule has 6 nitrogen and oxygen atoms in total. The Labute approximate surface area is 215 Å². The van der Waals surface area contributed by atoms with Crippen LogP contribution in [0.25, 0.3) is 10.9 Å². The van der Waals surface area contributed by atoms with E-state index in [0.717, 1.165) is 13.0 Å². The van der Waals surface area contributed by atoms with E-state index < -0.39 is 17.5 Å². The summed E-state index contributed by atoms with van der Waals surface area (Å²) in [6.07, 6.45) is 3.70. The van der Waals surface area contributed by atoms with Crippen molar-refractivity contribution < 1.29 is 24.1 Å². The lowest BCUT2D eigenvalue weighted by atomic mass is 9.74. The SMILES string of the molecule is COc1ccc2ncc(Cl)c(C(O)CCC3(C(=O)O)CCN(CCCc4ccccc4F)CC3)c2c1. The van der Waals surface area contributed by atoms with Gasteiger partial charge in [0.05, 0.1) is 29.2 Å². The molecule has 0 aliphatic carbocycles. The van der Waals surface area contributed by atoms with Gasteiger partial charge in [-0.05, 0) is 88.0 Å². The smallest absolute Gasteiger partial charge is 0.309 e. The van der Waals surface area contributed by atoms with Crippen molar-refractivity contribution in [3.8, 4) is 5.75 Å². The number of aliphatic carboxylic acids is 1. The van der Waals surface area contributed by atoms with Crippen LogP contribution in [0.4, 0.5) is 4.39 Å². The molecule has 1 fully saturated rings. The van der Waals surface area contributed by atoms with Gasteiger partial charge in [0.2, 0.25) is 0 Å². The van der Waals surface area contributed by atoms with Gasteiger partial charge >= 0.3 is 5.97 Å². The molecule has 2 heterocycles. The van der Waals surface area contributed by atoms with Crippen molar-refractivity contribution in [1.82, 2.24) is 9.88 Å². The quantitative estimate of drug-likeness (QED) is 0.364. The number of aromatic nitrogens is 1. The number of aryl methyl sites for hydroxylation is 1. The molecule has 4 rings (SSSR count). The number of rotatable bonds is 10. The summed E-state index contributed by atoms with van der Waals surface area (Å²) in [6, 6.07) is 12.2. The second kappa shape index (κ2) is 11.5. The minimum Gasteiger partial charge on any atom is -0.497 e. The number of methoxy groups -OCH3 is 1. The normalized spacial score (nSPS) is 16.7. The maximum atomic E-state index is 13.9. The molecule has 8 heteroatoms. The third-order valence-corrected chi connectivity index (χ3v) is 7.74. The van der Waals surface area contributed by atoms with Crippen molar-refractivity contribution >= 4 is 28.5 Å². The number of halogens is 2. The molecule has 2 N–H and O–H groups in total. The zero-order valence-corrected chi connectivity index (χ0v) is 21.2. The summed E-state index contributed by atoms with van der Waals surface area (Å²) in [5.41, 5.74) is 1.05. The number of aliphatic hydroxyl groups is 1. The summed E-state index contributed by atoms with van der Waals surface area (Å²) in [5, 5.41) is 22.3. The van der Waals surface area contributed by atoms with Gasteiger partial charge in [0.25, 0.3) is 0 Å². The van der Waals surface area contributed by atoms with E-state index in [2.05, 4.69) is 9.88 Å². The highest BCUT2D eigenvalue weighted by Crippen LogP contribution is 2.41. The van der Waals surface area contributed by atoms with Crippen LogP contribution >= 0.6 is 11.6 Å². The van der Waals surface area contributed by atoms with E-state index in [4.69, 9.17) is 16.3 Å². The molecule has 0 bridgehead atoms. The zero-order valence-electron chi connectivity index (χ0n) is 20.4. The molecule has 1 aliphatic heterocycles. The van der Waals surface area contributed by atoms with Gasteiger partial charge in [-0.25, -0.2) is 4.39 Å². The molecule has 1 unspecified atom stereocenters. The first-order valence-electron chi connectivity index (χ1n) is 12.3. The molecule has 1 aromatic heterocycles. The first-order chi connectivity index (χ1) is 17.3. The number of likely N-dealkylation sites (tertiary alicyclic amines) is 1. The van der Waals surface area contributed by atoms with Crippen LogP contribution in [0, 0.1) is 11.2 Å². The van der Waals surface area contributed by atoms with Crippen molar-refractivity contribution in [1.29, 1.82) is 0 Å². The molecule has 0 spiro atoms. The van der Waals surface area contributed by atoms with Crippen LogP contribution in [0.15, 0.2) is 48.7 Å². The number of hydrogen-bond donors (Lipinski definition) is 2. The zero-order chi connectivity index (χ0) is 25.7. The van der Waals surface area contributed by atoms with Crippen LogP contribution in [-0.4, -0.2) is 52.8 Å². The van der Waals surface area contributed by atoms with Gasteiger partial charge in [-0.15, -0.1) is 0 Å². The van der Waals surface area contributed by atoms with E-state index in [1.165, 1.54) is 12.3 Å². The number of hydrogen-bond acceptors (Lipinski definition) is 5. The molecule has 0 saturated carbocycles. The number of aliphatic hydroxyl groups excluding tert-OH is 1. The van der Waals surface area contributed by atoms with Crippen LogP contribution in [0.2, 0.25) is 5.02 Å². The number of ether oxygens (including phenoxy) is 1. The fourth-order valence-corrected chi connectivity index (χ4v) is 5.44. The first-order valence-corrected chi connectivity index (χ1v) is 12.7. The molecule has 1 saturated heterocycles. The van der Waals surface area contributed by atoms with Crippen LogP contribution in [0.5, 0.6) is 5.75 Å². The van der Waals surface area contributed by atoms with E-state index in [0.29, 0.717) is 71.6 Å². The Hall–Kier alpha value is -2.74. The van der Waals surface area contributed by atoms with Gasteiger partial charge < -0.3 is 19.8 Å². The second-order valence-electron chi connectivity index (χ2n) is 9.58. The number of carboxylic acids is 1. The molecule has 36 heavy (non-hydrogen) atoms. The molecule has 192 valence electrons. The number of carbonyl (C=O) groups is 1. The van der Waals surface area contributed by atoms with Gasteiger partial charge in [-0.3, -0.25) is 9.78 Å². The molecule has 0 amide bonds. The van der Waals surface area contributed by atoms with Crippen LogP contribution < -0.4 is 4.74 Å². The summed E-state index contributed by atoms with van der Waals surface area (Å²) < 4.78 is 19.2. The maximum absolute atomic E-state index is 13.9. The van der Waals surface area contributed by atoms with Crippen LogP contribution in [0.3, 0.4) is 0 Å². The third kappa shape index (κ3) is 5.80. The molecule has 0 radical (unpaired) electrons. The summed E-state index contributed by atoms with van der Waals surface area (Å²) in [4.78, 5) is 18.9. The lowest BCUT2D eigenvalue weighted by molar-refractivity contribution is -0.153. The van der Waals surface area contributed by atoms with E-state index in [9.17, 15) is 19.4 Å².